The van der Waals surface area contributed by atoms with Gasteiger partial charge in [0.1, 0.15) is 0 Å². The van der Waals surface area contributed by atoms with E-state index in [0.29, 0.717) is 12.5 Å². The van der Waals surface area contributed by atoms with Crippen LogP contribution >= 0.6 is 11.8 Å². The predicted octanol–water partition coefficient (Wildman–Crippen LogP) is 2.66. The first-order chi connectivity index (χ1) is 7.79. The number of hydrogen-bond donors (Lipinski definition) is 2. The summed E-state index contributed by atoms with van der Waals surface area (Å²) in [6.07, 6.45) is 7.60. The summed E-state index contributed by atoms with van der Waals surface area (Å²) in [6.45, 7) is 2.54. The predicted molar refractivity (Wildman–Crippen MR) is 73.1 cm³/mol. The minimum Gasteiger partial charge on any atom is -0.394 e. The van der Waals surface area contributed by atoms with Gasteiger partial charge in [-0.1, -0.05) is 19.8 Å². The Morgan fingerprint density at radius 3 is 2.88 bits per heavy atom. The van der Waals surface area contributed by atoms with Crippen molar-refractivity contribution in [3.05, 3.63) is 0 Å². The number of unbranched alkanes of at least 4 members (excludes halogenated alkanes) is 1. The van der Waals surface area contributed by atoms with Crippen molar-refractivity contribution in [1.82, 2.24) is 5.32 Å². The van der Waals surface area contributed by atoms with Gasteiger partial charge in [-0.25, -0.2) is 0 Å². The van der Waals surface area contributed by atoms with Gasteiger partial charge in [0.2, 0.25) is 0 Å². The smallest absolute Gasteiger partial charge is 0.0615 e. The molecule has 0 bridgehead atoms. The first-order valence-corrected chi connectivity index (χ1v) is 7.82. The third-order valence-electron chi connectivity index (χ3n) is 3.99. The summed E-state index contributed by atoms with van der Waals surface area (Å²) >= 11 is 2.08. The molecule has 0 aromatic heterocycles. The van der Waals surface area contributed by atoms with Crippen LogP contribution in [-0.4, -0.2) is 35.8 Å². The third-order valence-corrected chi connectivity index (χ3v) is 5.09. The van der Waals surface area contributed by atoms with Gasteiger partial charge in [0.25, 0.3) is 0 Å². The Hall–Kier alpha value is 0.270. The Bertz CT molecular complexity index is 183. The van der Waals surface area contributed by atoms with Crippen LogP contribution in [0.2, 0.25) is 0 Å². The molecule has 96 valence electrons. The summed E-state index contributed by atoms with van der Waals surface area (Å²) < 4.78 is 0. The first kappa shape index (κ1) is 14.3. The van der Waals surface area contributed by atoms with E-state index in [1.165, 1.54) is 43.6 Å². The Balaban J connectivity index is 2.24. The van der Waals surface area contributed by atoms with Crippen LogP contribution in [0.15, 0.2) is 0 Å². The summed E-state index contributed by atoms with van der Waals surface area (Å²) in [6, 6.07) is 0. The van der Waals surface area contributed by atoms with Crippen LogP contribution in [-0.2, 0) is 0 Å². The Morgan fingerprint density at radius 1 is 1.44 bits per heavy atom. The number of hydrogen-bond acceptors (Lipinski definition) is 3. The van der Waals surface area contributed by atoms with Crippen LogP contribution in [0, 0.1) is 5.92 Å². The number of nitrogens with one attached hydrogen (secondary N) is 1. The summed E-state index contributed by atoms with van der Waals surface area (Å²) in [5.41, 5.74) is 0.0331. The minimum atomic E-state index is 0.0331. The Labute approximate surface area is 105 Å². The molecule has 1 fully saturated rings. The molecule has 1 aliphatic carbocycles. The lowest BCUT2D eigenvalue weighted by atomic mass is 9.86. The summed E-state index contributed by atoms with van der Waals surface area (Å²) in [4.78, 5) is 0. The molecular formula is C13H27NOS. The highest BCUT2D eigenvalue weighted by Gasteiger charge is 2.40. The zero-order chi connectivity index (χ0) is 11.9. The van der Waals surface area contributed by atoms with Crippen molar-refractivity contribution in [3.63, 3.8) is 0 Å². The molecule has 0 spiro atoms. The molecule has 1 aliphatic rings. The Morgan fingerprint density at radius 2 is 2.25 bits per heavy atom. The lowest BCUT2D eigenvalue weighted by Crippen LogP contribution is -2.49. The minimum absolute atomic E-state index is 0.0331. The SMILES string of the molecule is CCCCSCCC1CCCC1(CO)NC. The largest absolute Gasteiger partial charge is 0.394 e. The second kappa shape index (κ2) is 7.57. The monoisotopic (exact) mass is 245 g/mol. The van der Waals surface area contributed by atoms with Gasteiger partial charge >= 0.3 is 0 Å². The highest BCUT2D eigenvalue weighted by molar-refractivity contribution is 7.99. The maximum Gasteiger partial charge on any atom is 0.0615 e. The maximum atomic E-state index is 9.56. The van der Waals surface area contributed by atoms with Crippen LogP contribution in [0.5, 0.6) is 0 Å². The molecule has 1 saturated carbocycles. The molecule has 0 radical (unpaired) electrons. The molecule has 0 aromatic rings. The maximum absolute atomic E-state index is 9.56. The number of thioether (sulfide) groups is 1. The lowest BCUT2D eigenvalue weighted by molar-refractivity contribution is 0.130. The molecule has 0 amide bonds. The van der Waals surface area contributed by atoms with E-state index in [1.54, 1.807) is 0 Å². The van der Waals surface area contributed by atoms with Gasteiger partial charge in [-0.05, 0) is 50.2 Å². The number of aliphatic hydroxyl groups is 1. The van der Waals surface area contributed by atoms with Gasteiger partial charge in [0, 0.05) is 5.54 Å². The van der Waals surface area contributed by atoms with E-state index >= 15 is 0 Å². The zero-order valence-corrected chi connectivity index (χ0v) is 11.6. The van der Waals surface area contributed by atoms with Crippen molar-refractivity contribution >= 4 is 11.8 Å². The van der Waals surface area contributed by atoms with Crippen molar-refractivity contribution in [1.29, 1.82) is 0 Å². The lowest BCUT2D eigenvalue weighted by Gasteiger charge is -2.33. The molecule has 0 saturated heterocycles. The van der Waals surface area contributed by atoms with E-state index in [1.807, 2.05) is 7.05 Å². The van der Waals surface area contributed by atoms with Gasteiger partial charge in [0.05, 0.1) is 6.61 Å². The molecule has 3 heteroatoms. The topological polar surface area (TPSA) is 32.3 Å². The van der Waals surface area contributed by atoms with Gasteiger partial charge in [-0.2, -0.15) is 11.8 Å². The zero-order valence-electron chi connectivity index (χ0n) is 10.8. The first-order valence-electron chi connectivity index (χ1n) is 6.66. The summed E-state index contributed by atoms with van der Waals surface area (Å²) in [7, 11) is 2.00. The molecule has 1 rings (SSSR count). The fraction of sp³-hybridized carbons (Fsp3) is 1.00. The van der Waals surface area contributed by atoms with Crippen molar-refractivity contribution in [2.24, 2.45) is 5.92 Å². The highest BCUT2D eigenvalue weighted by atomic mass is 32.2. The van der Waals surface area contributed by atoms with Crippen LogP contribution in [0.3, 0.4) is 0 Å². The highest BCUT2D eigenvalue weighted by Crippen LogP contribution is 2.38. The fourth-order valence-corrected chi connectivity index (χ4v) is 3.90. The average Bonchev–Trinajstić information content (AvgIpc) is 2.72. The van der Waals surface area contributed by atoms with Crippen molar-refractivity contribution in [2.75, 3.05) is 25.2 Å². The van der Waals surface area contributed by atoms with Crippen LogP contribution in [0.1, 0.15) is 45.4 Å². The molecule has 16 heavy (non-hydrogen) atoms. The van der Waals surface area contributed by atoms with E-state index < -0.39 is 0 Å². The second-order valence-electron chi connectivity index (χ2n) is 4.91. The van der Waals surface area contributed by atoms with E-state index in [0.717, 1.165) is 6.42 Å². The molecule has 2 atom stereocenters. The van der Waals surface area contributed by atoms with E-state index in [-0.39, 0.29) is 5.54 Å². The van der Waals surface area contributed by atoms with Gasteiger partial charge in [-0.3, -0.25) is 0 Å². The molecular weight excluding hydrogens is 218 g/mol. The van der Waals surface area contributed by atoms with Crippen LogP contribution in [0.25, 0.3) is 0 Å². The van der Waals surface area contributed by atoms with Gasteiger partial charge in [0.15, 0.2) is 0 Å². The summed E-state index contributed by atoms with van der Waals surface area (Å²) in [5, 5.41) is 12.9. The van der Waals surface area contributed by atoms with Crippen molar-refractivity contribution in [3.8, 4) is 0 Å². The standard InChI is InChI=1S/C13H27NOS/c1-3-4-9-16-10-7-12-6-5-8-13(12,11-15)14-2/h12,14-15H,3-11H2,1-2H3. The molecule has 0 aliphatic heterocycles. The van der Waals surface area contributed by atoms with Crippen molar-refractivity contribution < 1.29 is 5.11 Å². The molecule has 2 N–H and O–H groups in total. The van der Waals surface area contributed by atoms with Crippen LogP contribution < -0.4 is 5.32 Å². The third kappa shape index (κ3) is 3.64. The van der Waals surface area contributed by atoms with Crippen LogP contribution in [0.4, 0.5) is 0 Å². The van der Waals surface area contributed by atoms with E-state index in [4.69, 9.17) is 0 Å². The molecule has 2 unspecified atom stereocenters. The number of likely N-dealkylation sites (N-methyl/N-ethyl adjacent to an activating group) is 1. The Kier molecular flexibility index (Phi) is 6.78. The van der Waals surface area contributed by atoms with Gasteiger partial charge in [-0.15, -0.1) is 0 Å². The normalized spacial score (nSPS) is 29.8. The molecule has 2 nitrogen and oxygen atoms in total. The van der Waals surface area contributed by atoms with E-state index in [2.05, 4.69) is 24.0 Å². The second-order valence-corrected chi connectivity index (χ2v) is 6.13. The fourth-order valence-electron chi connectivity index (χ4n) is 2.76. The van der Waals surface area contributed by atoms with Gasteiger partial charge < -0.3 is 10.4 Å². The molecule has 0 aromatic carbocycles. The summed E-state index contributed by atoms with van der Waals surface area (Å²) in [5.74, 6) is 3.24. The molecule has 0 heterocycles. The quantitative estimate of drug-likeness (QED) is 0.645. The number of rotatable bonds is 8. The van der Waals surface area contributed by atoms with E-state index in [9.17, 15) is 5.11 Å². The average molecular weight is 245 g/mol. The number of aliphatic hydroxyl groups excluding tert-OH is 1. The van der Waals surface area contributed by atoms with Crippen molar-refractivity contribution in [2.45, 2.75) is 51.0 Å².